The number of hydrogen-bond acceptors (Lipinski definition) is 3. The third kappa shape index (κ3) is 2.67. The van der Waals surface area contributed by atoms with E-state index in [1.807, 2.05) is 11.3 Å². The van der Waals surface area contributed by atoms with Crippen LogP contribution in [0.15, 0.2) is 15.9 Å². The van der Waals surface area contributed by atoms with Gasteiger partial charge in [0.1, 0.15) is 0 Å². The summed E-state index contributed by atoms with van der Waals surface area (Å²) in [5.74, 6) is 0.760. The fraction of sp³-hybridized carbons (Fsp3) is 0.667. The third-order valence-electron chi connectivity index (χ3n) is 3.32. The van der Waals surface area contributed by atoms with Gasteiger partial charge in [-0.05, 0) is 67.1 Å². The summed E-state index contributed by atoms with van der Waals surface area (Å²) in [6.07, 6.45) is 1.31. The first-order valence-corrected chi connectivity index (χ1v) is 7.49. The second kappa shape index (κ2) is 5.63. The SMILES string of the molecule is CCNCC1CCN(C)C1c1ccc(Br)s1. The Morgan fingerprint density at radius 3 is 3.00 bits per heavy atom. The van der Waals surface area contributed by atoms with Crippen molar-refractivity contribution >= 4 is 27.3 Å². The van der Waals surface area contributed by atoms with E-state index in [1.54, 1.807) is 0 Å². The standard InChI is InChI=1S/C12H19BrN2S/c1-3-14-8-9-6-7-15(2)12(9)10-4-5-11(13)16-10/h4-5,9,12,14H,3,6-8H2,1-2H3. The molecule has 2 rings (SSSR count). The topological polar surface area (TPSA) is 15.3 Å². The molecule has 1 N–H and O–H groups in total. The zero-order valence-electron chi connectivity index (χ0n) is 9.87. The van der Waals surface area contributed by atoms with E-state index in [2.05, 4.69) is 52.3 Å². The Balaban J connectivity index is 2.09. The molecule has 2 heterocycles. The summed E-state index contributed by atoms with van der Waals surface area (Å²) >= 11 is 5.43. The molecule has 0 aliphatic carbocycles. The molecule has 16 heavy (non-hydrogen) atoms. The average Bonchev–Trinajstić information content (AvgIpc) is 2.82. The maximum absolute atomic E-state index is 3.56. The number of thiophene rings is 1. The summed E-state index contributed by atoms with van der Waals surface area (Å²) in [5, 5.41) is 3.48. The van der Waals surface area contributed by atoms with E-state index in [1.165, 1.54) is 21.6 Å². The van der Waals surface area contributed by atoms with Crippen molar-refractivity contribution in [1.29, 1.82) is 0 Å². The van der Waals surface area contributed by atoms with E-state index in [4.69, 9.17) is 0 Å². The Bertz CT molecular complexity index is 340. The Hall–Kier alpha value is 0.1000. The number of nitrogens with one attached hydrogen (secondary N) is 1. The molecule has 0 bridgehead atoms. The maximum Gasteiger partial charge on any atom is 0.0701 e. The van der Waals surface area contributed by atoms with Crippen LogP contribution in [0.1, 0.15) is 24.3 Å². The Kier molecular flexibility index (Phi) is 4.41. The smallest absolute Gasteiger partial charge is 0.0701 e. The molecule has 2 atom stereocenters. The minimum absolute atomic E-state index is 0.607. The summed E-state index contributed by atoms with van der Waals surface area (Å²) < 4.78 is 1.24. The second-order valence-corrected chi connectivity index (χ2v) is 6.92. The molecule has 1 aromatic heterocycles. The minimum atomic E-state index is 0.607. The molecule has 0 spiro atoms. The van der Waals surface area contributed by atoms with Gasteiger partial charge in [-0.2, -0.15) is 0 Å². The summed E-state index contributed by atoms with van der Waals surface area (Å²) in [6.45, 7) is 5.60. The second-order valence-electron chi connectivity index (χ2n) is 4.42. The molecule has 2 unspecified atom stereocenters. The van der Waals surface area contributed by atoms with Crippen LogP contribution >= 0.6 is 27.3 Å². The van der Waals surface area contributed by atoms with Gasteiger partial charge in [0.2, 0.25) is 0 Å². The van der Waals surface area contributed by atoms with Crippen molar-refractivity contribution in [3.8, 4) is 0 Å². The molecule has 0 radical (unpaired) electrons. The molecular weight excluding hydrogens is 284 g/mol. The van der Waals surface area contributed by atoms with Crippen molar-refractivity contribution < 1.29 is 0 Å². The molecule has 0 aromatic carbocycles. The van der Waals surface area contributed by atoms with Crippen molar-refractivity contribution in [3.63, 3.8) is 0 Å². The summed E-state index contributed by atoms with van der Waals surface area (Å²) in [4.78, 5) is 3.98. The van der Waals surface area contributed by atoms with Gasteiger partial charge in [-0.25, -0.2) is 0 Å². The highest BCUT2D eigenvalue weighted by Crippen LogP contribution is 2.39. The average molecular weight is 303 g/mol. The van der Waals surface area contributed by atoms with Crippen LogP contribution in [-0.2, 0) is 0 Å². The van der Waals surface area contributed by atoms with E-state index in [0.29, 0.717) is 6.04 Å². The normalized spacial score (nSPS) is 26.4. The van der Waals surface area contributed by atoms with Gasteiger partial charge in [0.05, 0.1) is 3.79 Å². The van der Waals surface area contributed by atoms with E-state index in [0.717, 1.165) is 19.0 Å². The highest BCUT2D eigenvalue weighted by atomic mass is 79.9. The number of likely N-dealkylation sites (tertiary alicyclic amines) is 1. The Morgan fingerprint density at radius 2 is 2.38 bits per heavy atom. The van der Waals surface area contributed by atoms with E-state index in [9.17, 15) is 0 Å². The fourth-order valence-electron chi connectivity index (χ4n) is 2.51. The summed E-state index contributed by atoms with van der Waals surface area (Å²) in [6, 6.07) is 5.03. The first-order valence-electron chi connectivity index (χ1n) is 5.88. The van der Waals surface area contributed by atoms with Crippen LogP contribution < -0.4 is 5.32 Å². The van der Waals surface area contributed by atoms with Crippen LogP contribution in [0.5, 0.6) is 0 Å². The molecule has 2 nitrogen and oxygen atoms in total. The quantitative estimate of drug-likeness (QED) is 0.919. The highest BCUT2D eigenvalue weighted by molar-refractivity contribution is 9.11. The van der Waals surface area contributed by atoms with Gasteiger partial charge in [-0.3, -0.25) is 4.90 Å². The largest absolute Gasteiger partial charge is 0.317 e. The number of nitrogens with zero attached hydrogens (tertiary/aromatic N) is 1. The van der Waals surface area contributed by atoms with Crippen LogP contribution in [0, 0.1) is 5.92 Å². The van der Waals surface area contributed by atoms with Crippen molar-refractivity contribution in [2.24, 2.45) is 5.92 Å². The zero-order valence-corrected chi connectivity index (χ0v) is 12.3. The molecular formula is C12H19BrN2S. The van der Waals surface area contributed by atoms with E-state index >= 15 is 0 Å². The first-order chi connectivity index (χ1) is 7.72. The lowest BCUT2D eigenvalue weighted by Crippen LogP contribution is -2.27. The van der Waals surface area contributed by atoms with Crippen molar-refractivity contribution in [3.05, 3.63) is 20.8 Å². The first kappa shape index (κ1) is 12.6. The highest BCUT2D eigenvalue weighted by Gasteiger charge is 2.33. The lowest BCUT2D eigenvalue weighted by molar-refractivity contribution is 0.277. The molecule has 1 aromatic rings. The lowest BCUT2D eigenvalue weighted by atomic mass is 9.99. The molecule has 1 aliphatic rings. The Labute approximate surface area is 110 Å². The van der Waals surface area contributed by atoms with Crippen LogP contribution in [0.4, 0.5) is 0 Å². The molecule has 1 saturated heterocycles. The molecule has 1 aliphatic heterocycles. The number of hydrogen-bond donors (Lipinski definition) is 1. The minimum Gasteiger partial charge on any atom is -0.317 e. The molecule has 1 fully saturated rings. The van der Waals surface area contributed by atoms with Crippen molar-refractivity contribution in [2.45, 2.75) is 19.4 Å². The number of rotatable bonds is 4. The van der Waals surface area contributed by atoms with Gasteiger partial charge in [-0.15, -0.1) is 11.3 Å². The van der Waals surface area contributed by atoms with E-state index < -0.39 is 0 Å². The molecule has 0 amide bonds. The molecule has 4 heteroatoms. The molecule has 90 valence electrons. The summed E-state index contributed by atoms with van der Waals surface area (Å²) in [5.41, 5.74) is 0. The van der Waals surface area contributed by atoms with Gasteiger partial charge < -0.3 is 5.32 Å². The van der Waals surface area contributed by atoms with Crippen LogP contribution in [0.2, 0.25) is 0 Å². The van der Waals surface area contributed by atoms with Crippen LogP contribution in [0.3, 0.4) is 0 Å². The third-order valence-corrected chi connectivity index (χ3v) is 5.01. The maximum atomic E-state index is 3.56. The van der Waals surface area contributed by atoms with Gasteiger partial charge in [0.15, 0.2) is 0 Å². The van der Waals surface area contributed by atoms with Gasteiger partial charge >= 0.3 is 0 Å². The molecule has 0 saturated carbocycles. The predicted octanol–water partition coefficient (Wildman–Crippen LogP) is 3.11. The number of halogens is 1. The van der Waals surface area contributed by atoms with Crippen molar-refractivity contribution in [1.82, 2.24) is 10.2 Å². The van der Waals surface area contributed by atoms with Gasteiger partial charge in [0.25, 0.3) is 0 Å². The van der Waals surface area contributed by atoms with Crippen LogP contribution in [0.25, 0.3) is 0 Å². The lowest BCUT2D eigenvalue weighted by Gasteiger charge is -2.24. The van der Waals surface area contributed by atoms with Gasteiger partial charge in [0, 0.05) is 10.9 Å². The fourth-order valence-corrected chi connectivity index (χ4v) is 4.19. The Morgan fingerprint density at radius 1 is 1.56 bits per heavy atom. The predicted molar refractivity (Wildman–Crippen MR) is 74.0 cm³/mol. The zero-order chi connectivity index (χ0) is 11.5. The van der Waals surface area contributed by atoms with Gasteiger partial charge in [-0.1, -0.05) is 6.92 Å². The monoisotopic (exact) mass is 302 g/mol. The van der Waals surface area contributed by atoms with Crippen molar-refractivity contribution in [2.75, 3.05) is 26.7 Å². The summed E-state index contributed by atoms with van der Waals surface area (Å²) in [7, 11) is 2.24. The van der Waals surface area contributed by atoms with E-state index in [-0.39, 0.29) is 0 Å². The van der Waals surface area contributed by atoms with Crippen LogP contribution in [-0.4, -0.2) is 31.6 Å².